The van der Waals surface area contributed by atoms with Crippen molar-refractivity contribution in [1.82, 2.24) is 0 Å². The van der Waals surface area contributed by atoms with E-state index >= 15 is 0 Å². The van der Waals surface area contributed by atoms with Crippen molar-refractivity contribution >= 4 is 5.97 Å². The van der Waals surface area contributed by atoms with Gasteiger partial charge in [-0.3, -0.25) is 0 Å². The Balaban J connectivity index is 4.10. The van der Waals surface area contributed by atoms with Gasteiger partial charge in [-0.1, -0.05) is 52.0 Å². The van der Waals surface area contributed by atoms with Gasteiger partial charge in [0.05, 0.1) is 0 Å². The van der Waals surface area contributed by atoms with Gasteiger partial charge in [-0.25, -0.2) is 4.79 Å². The normalized spacial score (nSPS) is 12.9. The summed E-state index contributed by atoms with van der Waals surface area (Å²) in [5.74, 6) is -0.839. The van der Waals surface area contributed by atoms with E-state index in [2.05, 4.69) is 20.8 Å². The molecule has 0 aromatic carbocycles. The fraction of sp³-hybridized carbons (Fsp3) is 0.769. The van der Waals surface area contributed by atoms with Crippen LogP contribution < -0.4 is 0 Å². The first-order valence-electron chi connectivity index (χ1n) is 5.82. The second-order valence-electron chi connectivity index (χ2n) is 4.86. The lowest BCUT2D eigenvalue weighted by Crippen LogP contribution is -2.14. The van der Waals surface area contributed by atoms with Crippen molar-refractivity contribution in [3.63, 3.8) is 0 Å². The maximum absolute atomic E-state index is 10.6. The van der Waals surface area contributed by atoms with Crippen LogP contribution in [0.25, 0.3) is 0 Å². The smallest absolute Gasteiger partial charge is 0.328 e. The van der Waals surface area contributed by atoms with Crippen molar-refractivity contribution in [1.29, 1.82) is 0 Å². The highest BCUT2D eigenvalue weighted by Crippen LogP contribution is 2.32. The standard InChI is InChI=1S/C13H24O2/c1-5-6-7-8-9-13(3,4)11(2)10-12(14)15/h10H,5-9H2,1-4H3,(H,14,15). The van der Waals surface area contributed by atoms with E-state index in [1.807, 2.05) is 6.92 Å². The number of carboxylic acid groups (broad SMARTS) is 1. The number of aliphatic carboxylic acids is 1. The Morgan fingerprint density at radius 2 is 1.87 bits per heavy atom. The van der Waals surface area contributed by atoms with E-state index in [9.17, 15) is 4.79 Å². The van der Waals surface area contributed by atoms with Gasteiger partial charge in [-0.15, -0.1) is 0 Å². The van der Waals surface area contributed by atoms with Crippen LogP contribution in [0.3, 0.4) is 0 Å². The first kappa shape index (κ1) is 14.2. The predicted octanol–water partition coefficient (Wildman–Crippen LogP) is 4.01. The third kappa shape index (κ3) is 6.32. The molecule has 0 aliphatic rings. The maximum Gasteiger partial charge on any atom is 0.328 e. The summed E-state index contributed by atoms with van der Waals surface area (Å²) in [7, 11) is 0. The number of hydrogen-bond acceptors (Lipinski definition) is 1. The molecule has 0 amide bonds. The summed E-state index contributed by atoms with van der Waals surface area (Å²) in [6.45, 7) is 8.34. The summed E-state index contributed by atoms with van der Waals surface area (Å²) in [4.78, 5) is 10.6. The molecular formula is C13H24O2. The van der Waals surface area contributed by atoms with Gasteiger partial charge >= 0.3 is 5.97 Å². The lowest BCUT2D eigenvalue weighted by Gasteiger charge is -2.25. The number of carbonyl (C=O) groups is 1. The van der Waals surface area contributed by atoms with Gasteiger partial charge in [0, 0.05) is 6.08 Å². The van der Waals surface area contributed by atoms with E-state index < -0.39 is 5.97 Å². The molecule has 0 aliphatic heterocycles. The molecule has 0 bridgehead atoms. The molecule has 0 radical (unpaired) electrons. The van der Waals surface area contributed by atoms with E-state index in [-0.39, 0.29) is 5.41 Å². The van der Waals surface area contributed by atoms with Crippen LogP contribution >= 0.6 is 0 Å². The first-order valence-corrected chi connectivity index (χ1v) is 5.82. The van der Waals surface area contributed by atoms with Crippen LogP contribution in [0.4, 0.5) is 0 Å². The molecule has 1 N–H and O–H groups in total. The summed E-state index contributed by atoms with van der Waals surface area (Å²) in [6.07, 6.45) is 7.36. The van der Waals surface area contributed by atoms with Crippen LogP contribution in [0, 0.1) is 5.41 Å². The molecule has 0 heterocycles. The van der Waals surface area contributed by atoms with Crippen LogP contribution in [0.15, 0.2) is 11.6 Å². The number of carboxylic acids is 1. The quantitative estimate of drug-likeness (QED) is 0.511. The number of allylic oxidation sites excluding steroid dienone is 1. The molecule has 2 heteroatoms. The summed E-state index contributed by atoms with van der Waals surface area (Å²) < 4.78 is 0. The van der Waals surface area contributed by atoms with Gasteiger partial charge in [0.15, 0.2) is 0 Å². The number of hydrogen-bond donors (Lipinski definition) is 1. The number of rotatable bonds is 7. The summed E-state index contributed by atoms with van der Waals surface area (Å²) >= 11 is 0. The zero-order valence-corrected chi connectivity index (χ0v) is 10.5. The lowest BCUT2D eigenvalue weighted by atomic mass is 9.80. The van der Waals surface area contributed by atoms with Crippen molar-refractivity contribution in [3.8, 4) is 0 Å². The fourth-order valence-electron chi connectivity index (χ4n) is 1.57. The van der Waals surface area contributed by atoms with E-state index in [0.29, 0.717) is 0 Å². The second-order valence-corrected chi connectivity index (χ2v) is 4.86. The van der Waals surface area contributed by atoms with Crippen LogP contribution in [0.2, 0.25) is 0 Å². The van der Waals surface area contributed by atoms with E-state index in [1.54, 1.807) is 0 Å². The van der Waals surface area contributed by atoms with Crippen LogP contribution in [0.5, 0.6) is 0 Å². The molecule has 15 heavy (non-hydrogen) atoms. The minimum atomic E-state index is -0.839. The minimum Gasteiger partial charge on any atom is -0.478 e. The SMILES string of the molecule is CCCCCCC(C)(C)C(C)=CC(=O)O. The topological polar surface area (TPSA) is 37.3 Å². The second kappa shape index (κ2) is 6.65. The maximum atomic E-state index is 10.6. The van der Waals surface area contributed by atoms with Crippen molar-refractivity contribution in [3.05, 3.63) is 11.6 Å². The molecule has 0 aliphatic carbocycles. The minimum absolute atomic E-state index is 0.0200. The van der Waals surface area contributed by atoms with Crippen LogP contribution in [-0.2, 0) is 4.79 Å². The Hall–Kier alpha value is -0.790. The summed E-state index contributed by atoms with van der Waals surface area (Å²) in [5.41, 5.74) is 0.984. The van der Waals surface area contributed by atoms with Gasteiger partial charge in [0.25, 0.3) is 0 Å². The molecule has 0 spiro atoms. The van der Waals surface area contributed by atoms with Gasteiger partial charge < -0.3 is 5.11 Å². The highest BCUT2D eigenvalue weighted by atomic mass is 16.4. The molecule has 0 unspecified atom stereocenters. The molecule has 2 nitrogen and oxygen atoms in total. The molecule has 0 atom stereocenters. The Kier molecular flexibility index (Phi) is 6.30. The molecule has 0 aromatic heterocycles. The molecular weight excluding hydrogens is 188 g/mol. The zero-order chi connectivity index (χ0) is 11.9. The molecule has 0 aromatic rings. The monoisotopic (exact) mass is 212 g/mol. The average molecular weight is 212 g/mol. The van der Waals surface area contributed by atoms with Crippen LogP contribution in [0.1, 0.15) is 59.8 Å². The Morgan fingerprint density at radius 1 is 1.27 bits per heavy atom. The van der Waals surface area contributed by atoms with Crippen molar-refractivity contribution in [2.75, 3.05) is 0 Å². The Labute approximate surface area is 93.4 Å². The summed E-state index contributed by atoms with van der Waals surface area (Å²) in [5, 5.41) is 8.68. The largest absolute Gasteiger partial charge is 0.478 e. The first-order chi connectivity index (χ1) is 6.90. The highest BCUT2D eigenvalue weighted by Gasteiger charge is 2.19. The van der Waals surface area contributed by atoms with Gasteiger partial charge in [0.1, 0.15) is 0 Å². The average Bonchev–Trinajstić information content (AvgIpc) is 2.11. The fourth-order valence-corrected chi connectivity index (χ4v) is 1.57. The van der Waals surface area contributed by atoms with E-state index in [4.69, 9.17) is 5.11 Å². The van der Waals surface area contributed by atoms with Gasteiger partial charge in [-0.05, 0) is 18.8 Å². The number of unbranched alkanes of at least 4 members (excludes halogenated alkanes) is 3. The van der Waals surface area contributed by atoms with Crippen LogP contribution in [-0.4, -0.2) is 11.1 Å². The van der Waals surface area contributed by atoms with Gasteiger partial charge in [-0.2, -0.15) is 0 Å². The third-order valence-corrected chi connectivity index (χ3v) is 3.06. The van der Waals surface area contributed by atoms with E-state index in [0.717, 1.165) is 12.0 Å². The van der Waals surface area contributed by atoms with E-state index in [1.165, 1.54) is 31.8 Å². The molecule has 0 saturated carbocycles. The van der Waals surface area contributed by atoms with Crippen molar-refractivity contribution < 1.29 is 9.90 Å². The third-order valence-electron chi connectivity index (χ3n) is 3.06. The lowest BCUT2D eigenvalue weighted by molar-refractivity contribution is -0.131. The molecule has 0 saturated heterocycles. The molecule has 88 valence electrons. The van der Waals surface area contributed by atoms with Crippen molar-refractivity contribution in [2.45, 2.75) is 59.8 Å². The zero-order valence-electron chi connectivity index (χ0n) is 10.5. The summed E-state index contributed by atoms with van der Waals surface area (Å²) in [6, 6.07) is 0. The molecule has 0 fully saturated rings. The Bertz CT molecular complexity index is 227. The van der Waals surface area contributed by atoms with Gasteiger partial charge in [0.2, 0.25) is 0 Å². The van der Waals surface area contributed by atoms with Crippen molar-refractivity contribution in [2.24, 2.45) is 5.41 Å². The predicted molar refractivity (Wildman–Crippen MR) is 63.9 cm³/mol. The Morgan fingerprint density at radius 3 is 2.33 bits per heavy atom. The molecule has 0 rings (SSSR count). The highest BCUT2D eigenvalue weighted by molar-refractivity contribution is 5.80.